The molecule has 16 heavy (non-hydrogen) atoms. The number of hydrogen-bond acceptors (Lipinski definition) is 3. The lowest BCUT2D eigenvalue weighted by atomic mass is 10.3. The van der Waals surface area contributed by atoms with Crippen LogP contribution in [0.4, 0.5) is 0 Å². The zero-order valence-electron chi connectivity index (χ0n) is 8.10. The average Bonchev–Trinajstić information content (AvgIpc) is 2.25. The molecule has 0 aromatic carbocycles. The standard InChI is InChI=1S/C10H7Cl2N3O/c11-8-3-9(12)14-4-7(8)5-15-6-13-2-1-10(15)16/h1-4,6H,5H2. The van der Waals surface area contributed by atoms with Crippen LogP contribution in [0, 0.1) is 0 Å². The summed E-state index contributed by atoms with van der Waals surface area (Å²) in [6, 6.07) is 2.93. The van der Waals surface area contributed by atoms with Crippen molar-refractivity contribution in [2.24, 2.45) is 0 Å². The van der Waals surface area contributed by atoms with E-state index in [4.69, 9.17) is 23.2 Å². The van der Waals surface area contributed by atoms with Gasteiger partial charge < -0.3 is 0 Å². The Balaban J connectivity index is 2.35. The lowest BCUT2D eigenvalue weighted by Crippen LogP contribution is -2.19. The monoisotopic (exact) mass is 255 g/mol. The summed E-state index contributed by atoms with van der Waals surface area (Å²) in [7, 11) is 0. The molecule has 82 valence electrons. The first-order valence-electron chi connectivity index (χ1n) is 4.47. The summed E-state index contributed by atoms with van der Waals surface area (Å²) < 4.78 is 1.44. The zero-order chi connectivity index (χ0) is 11.5. The fourth-order valence-electron chi connectivity index (χ4n) is 1.23. The van der Waals surface area contributed by atoms with Gasteiger partial charge in [-0.05, 0) is 6.07 Å². The van der Waals surface area contributed by atoms with Gasteiger partial charge in [-0.1, -0.05) is 23.2 Å². The minimum atomic E-state index is -0.138. The number of aromatic nitrogens is 3. The van der Waals surface area contributed by atoms with Crippen LogP contribution < -0.4 is 5.56 Å². The Morgan fingerprint density at radius 2 is 2.19 bits per heavy atom. The third kappa shape index (κ3) is 2.40. The first kappa shape index (κ1) is 11.1. The SMILES string of the molecule is O=c1ccncn1Cc1cnc(Cl)cc1Cl. The van der Waals surface area contributed by atoms with Crippen LogP contribution in [0.25, 0.3) is 0 Å². The Labute approximate surface area is 101 Å². The van der Waals surface area contributed by atoms with Crippen LogP contribution in [0.1, 0.15) is 5.56 Å². The van der Waals surface area contributed by atoms with E-state index in [0.717, 1.165) is 5.56 Å². The van der Waals surface area contributed by atoms with Crippen LogP contribution in [-0.2, 0) is 6.54 Å². The van der Waals surface area contributed by atoms with Gasteiger partial charge in [0, 0.05) is 24.0 Å². The molecule has 0 saturated carbocycles. The summed E-state index contributed by atoms with van der Waals surface area (Å²) in [4.78, 5) is 19.2. The molecule has 6 heteroatoms. The Bertz CT molecular complexity index is 568. The minimum absolute atomic E-state index is 0.138. The van der Waals surface area contributed by atoms with E-state index in [1.165, 1.54) is 23.2 Å². The van der Waals surface area contributed by atoms with Gasteiger partial charge in [-0.3, -0.25) is 9.36 Å². The van der Waals surface area contributed by atoms with Gasteiger partial charge >= 0.3 is 0 Å². The zero-order valence-corrected chi connectivity index (χ0v) is 9.61. The number of halogens is 2. The van der Waals surface area contributed by atoms with Crippen molar-refractivity contribution < 1.29 is 0 Å². The van der Waals surface area contributed by atoms with Crippen LogP contribution >= 0.6 is 23.2 Å². The average molecular weight is 256 g/mol. The maximum absolute atomic E-state index is 11.4. The molecule has 2 aromatic rings. The first-order chi connectivity index (χ1) is 7.66. The van der Waals surface area contributed by atoms with Crippen molar-refractivity contribution in [1.29, 1.82) is 0 Å². The quantitative estimate of drug-likeness (QED) is 0.772. The number of nitrogens with zero attached hydrogens (tertiary/aromatic N) is 3. The molecule has 0 N–H and O–H groups in total. The van der Waals surface area contributed by atoms with Crippen LogP contribution in [0.5, 0.6) is 0 Å². The van der Waals surface area contributed by atoms with E-state index in [9.17, 15) is 4.79 Å². The highest BCUT2D eigenvalue weighted by molar-refractivity contribution is 6.34. The maximum Gasteiger partial charge on any atom is 0.253 e. The molecular formula is C10H7Cl2N3O. The molecule has 0 fully saturated rings. The predicted molar refractivity (Wildman–Crippen MR) is 61.9 cm³/mol. The molecule has 0 aliphatic carbocycles. The molecule has 0 unspecified atom stereocenters. The summed E-state index contributed by atoms with van der Waals surface area (Å²) in [6.07, 6.45) is 4.44. The lowest BCUT2D eigenvalue weighted by molar-refractivity contribution is 0.733. The molecule has 2 rings (SSSR count). The molecular weight excluding hydrogens is 249 g/mol. The van der Waals surface area contributed by atoms with Crippen LogP contribution in [-0.4, -0.2) is 14.5 Å². The summed E-state index contributed by atoms with van der Waals surface area (Å²) in [5, 5.41) is 0.808. The van der Waals surface area contributed by atoms with Crippen molar-refractivity contribution in [3.8, 4) is 0 Å². The third-order valence-corrected chi connectivity index (χ3v) is 2.59. The topological polar surface area (TPSA) is 47.8 Å². The van der Waals surface area contributed by atoms with E-state index in [2.05, 4.69) is 9.97 Å². The smallest absolute Gasteiger partial charge is 0.253 e. The molecule has 4 nitrogen and oxygen atoms in total. The fraction of sp³-hybridized carbons (Fsp3) is 0.100. The van der Waals surface area contributed by atoms with Crippen molar-refractivity contribution in [2.45, 2.75) is 6.54 Å². The summed E-state index contributed by atoms with van der Waals surface area (Å²) in [5.74, 6) is 0. The van der Waals surface area contributed by atoms with Crippen molar-refractivity contribution >= 4 is 23.2 Å². The Hall–Kier alpha value is -1.39. The molecule has 0 spiro atoms. The van der Waals surface area contributed by atoms with E-state index in [1.54, 1.807) is 12.3 Å². The van der Waals surface area contributed by atoms with Crippen LogP contribution in [0.2, 0.25) is 10.2 Å². The third-order valence-electron chi connectivity index (χ3n) is 2.03. The second-order valence-electron chi connectivity index (χ2n) is 3.14. The number of hydrogen-bond donors (Lipinski definition) is 0. The molecule has 0 aliphatic rings. The molecule has 0 bridgehead atoms. The van der Waals surface area contributed by atoms with E-state index < -0.39 is 0 Å². The number of pyridine rings is 1. The van der Waals surface area contributed by atoms with Gasteiger partial charge in [0.1, 0.15) is 5.15 Å². The molecule has 2 heterocycles. The molecule has 0 saturated heterocycles. The van der Waals surface area contributed by atoms with Gasteiger partial charge in [0.25, 0.3) is 5.56 Å². The first-order valence-corrected chi connectivity index (χ1v) is 5.23. The molecule has 0 atom stereocenters. The van der Waals surface area contributed by atoms with Crippen molar-refractivity contribution in [2.75, 3.05) is 0 Å². The van der Waals surface area contributed by atoms with E-state index in [0.29, 0.717) is 16.7 Å². The molecule has 0 amide bonds. The Kier molecular flexibility index (Phi) is 3.22. The van der Waals surface area contributed by atoms with Gasteiger partial charge in [-0.15, -0.1) is 0 Å². The maximum atomic E-state index is 11.4. The van der Waals surface area contributed by atoms with E-state index in [1.807, 2.05) is 0 Å². The second kappa shape index (κ2) is 4.63. The largest absolute Gasteiger partial charge is 0.295 e. The van der Waals surface area contributed by atoms with Crippen molar-refractivity contribution in [3.63, 3.8) is 0 Å². The van der Waals surface area contributed by atoms with Gasteiger partial charge in [0.15, 0.2) is 0 Å². The number of rotatable bonds is 2. The molecule has 2 aromatic heterocycles. The summed E-state index contributed by atoms with van der Waals surface area (Å²) in [6.45, 7) is 0.329. The van der Waals surface area contributed by atoms with Crippen LogP contribution in [0.3, 0.4) is 0 Å². The van der Waals surface area contributed by atoms with E-state index >= 15 is 0 Å². The Morgan fingerprint density at radius 1 is 1.38 bits per heavy atom. The highest BCUT2D eigenvalue weighted by Crippen LogP contribution is 2.18. The summed E-state index contributed by atoms with van der Waals surface area (Å²) >= 11 is 11.6. The van der Waals surface area contributed by atoms with Gasteiger partial charge in [-0.2, -0.15) is 0 Å². The second-order valence-corrected chi connectivity index (χ2v) is 3.94. The van der Waals surface area contributed by atoms with E-state index in [-0.39, 0.29) is 5.56 Å². The van der Waals surface area contributed by atoms with Crippen molar-refractivity contribution in [1.82, 2.24) is 14.5 Å². The van der Waals surface area contributed by atoms with Gasteiger partial charge in [0.2, 0.25) is 0 Å². The Morgan fingerprint density at radius 3 is 2.88 bits per heavy atom. The van der Waals surface area contributed by atoms with Crippen molar-refractivity contribution in [3.05, 3.63) is 56.9 Å². The van der Waals surface area contributed by atoms with Gasteiger partial charge in [-0.25, -0.2) is 9.97 Å². The normalized spacial score (nSPS) is 10.4. The lowest BCUT2D eigenvalue weighted by Gasteiger charge is -2.06. The fourth-order valence-corrected chi connectivity index (χ4v) is 1.66. The predicted octanol–water partition coefficient (Wildman–Crippen LogP) is 1.99. The highest BCUT2D eigenvalue weighted by atomic mass is 35.5. The molecule has 0 aliphatic heterocycles. The highest BCUT2D eigenvalue weighted by Gasteiger charge is 2.04. The van der Waals surface area contributed by atoms with Crippen LogP contribution in [0.15, 0.2) is 35.6 Å². The van der Waals surface area contributed by atoms with Gasteiger partial charge in [0.05, 0.1) is 17.9 Å². The minimum Gasteiger partial charge on any atom is -0.295 e. The summed E-state index contributed by atoms with van der Waals surface area (Å²) in [5.41, 5.74) is 0.585. The molecule has 0 radical (unpaired) electrons.